The van der Waals surface area contributed by atoms with Gasteiger partial charge in [0.2, 0.25) is 6.10 Å². The molecule has 1 heterocycles. The first-order valence-corrected chi connectivity index (χ1v) is 9.93. The van der Waals surface area contributed by atoms with Crippen LogP contribution in [0.2, 0.25) is 0 Å². The van der Waals surface area contributed by atoms with Crippen LogP contribution in [0.4, 0.5) is 9.18 Å². The van der Waals surface area contributed by atoms with E-state index >= 15 is 0 Å². The maximum absolute atomic E-state index is 13.3. The van der Waals surface area contributed by atoms with E-state index in [1.54, 1.807) is 26.0 Å². The SMILES string of the molecule is CCOC(=O)[C@H]1OC(=O)N(S(=O)(=O)c2ccc(C)cc2)[C@@H]1c1ccc(F)cc1. The largest absolute Gasteiger partial charge is 0.463 e. The monoisotopic (exact) mass is 407 g/mol. The summed E-state index contributed by atoms with van der Waals surface area (Å²) in [6.07, 6.45) is -2.70. The molecule has 0 spiro atoms. The van der Waals surface area contributed by atoms with Crippen LogP contribution < -0.4 is 0 Å². The fourth-order valence-electron chi connectivity index (χ4n) is 2.90. The van der Waals surface area contributed by atoms with Gasteiger partial charge in [0.05, 0.1) is 11.5 Å². The molecule has 9 heteroatoms. The Morgan fingerprint density at radius 3 is 2.32 bits per heavy atom. The molecule has 0 bridgehead atoms. The van der Waals surface area contributed by atoms with Crippen molar-refractivity contribution < 1.29 is 31.9 Å². The lowest BCUT2D eigenvalue weighted by Crippen LogP contribution is -2.37. The van der Waals surface area contributed by atoms with Crippen molar-refractivity contribution in [2.24, 2.45) is 0 Å². The first-order chi connectivity index (χ1) is 13.3. The number of rotatable bonds is 5. The number of cyclic esters (lactones) is 1. The van der Waals surface area contributed by atoms with Crippen LogP contribution in [0.15, 0.2) is 53.4 Å². The van der Waals surface area contributed by atoms with Crippen molar-refractivity contribution in [1.82, 2.24) is 4.31 Å². The molecule has 2 atom stereocenters. The van der Waals surface area contributed by atoms with Gasteiger partial charge in [0, 0.05) is 0 Å². The molecule has 2 aromatic rings. The molecule has 3 rings (SSSR count). The number of hydrogen-bond acceptors (Lipinski definition) is 6. The molecule has 0 radical (unpaired) electrons. The number of halogens is 1. The molecule has 7 nitrogen and oxygen atoms in total. The van der Waals surface area contributed by atoms with Crippen molar-refractivity contribution >= 4 is 22.1 Å². The summed E-state index contributed by atoms with van der Waals surface area (Å²) in [6.45, 7) is 3.38. The Labute approximate surface area is 161 Å². The zero-order chi connectivity index (χ0) is 20.5. The maximum atomic E-state index is 13.3. The highest BCUT2D eigenvalue weighted by atomic mass is 32.2. The molecule has 1 aliphatic rings. The lowest BCUT2D eigenvalue weighted by molar-refractivity contribution is -0.152. The smallest absolute Gasteiger partial charge is 0.425 e. The summed E-state index contributed by atoms with van der Waals surface area (Å²) in [5.41, 5.74) is 1.06. The molecule has 1 amide bonds. The van der Waals surface area contributed by atoms with Crippen molar-refractivity contribution in [3.63, 3.8) is 0 Å². The molecule has 1 saturated heterocycles. The first-order valence-electron chi connectivity index (χ1n) is 8.49. The van der Waals surface area contributed by atoms with Gasteiger partial charge < -0.3 is 9.47 Å². The number of esters is 1. The Morgan fingerprint density at radius 1 is 1.14 bits per heavy atom. The molecule has 0 saturated carbocycles. The van der Waals surface area contributed by atoms with E-state index in [1.807, 2.05) is 0 Å². The Bertz CT molecular complexity index is 988. The van der Waals surface area contributed by atoms with Gasteiger partial charge in [0.15, 0.2) is 0 Å². The third-order valence-electron chi connectivity index (χ3n) is 4.26. The second kappa shape index (κ2) is 7.59. The summed E-state index contributed by atoms with van der Waals surface area (Å²) in [5, 5.41) is 0. The van der Waals surface area contributed by atoms with Crippen LogP contribution >= 0.6 is 0 Å². The van der Waals surface area contributed by atoms with E-state index in [1.165, 1.54) is 24.3 Å². The van der Waals surface area contributed by atoms with E-state index in [9.17, 15) is 22.4 Å². The first kappa shape index (κ1) is 19.8. The van der Waals surface area contributed by atoms with Crippen LogP contribution in [-0.4, -0.2) is 37.5 Å². The van der Waals surface area contributed by atoms with Gasteiger partial charge in [0.25, 0.3) is 10.0 Å². The molecule has 2 aromatic carbocycles. The number of aryl methyl sites for hydroxylation is 1. The molecular formula is C19H18FNO6S. The Hall–Kier alpha value is -2.94. The van der Waals surface area contributed by atoms with Crippen LogP contribution in [-0.2, 0) is 24.3 Å². The van der Waals surface area contributed by atoms with Gasteiger partial charge in [-0.2, -0.15) is 4.31 Å². The lowest BCUT2D eigenvalue weighted by Gasteiger charge is -2.24. The van der Waals surface area contributed by atoms with Gasteiger partial charge in [0.1, 0.15) is 11.9 Å². The molecule has 1 fully saturated rings. The number of ether oxygens (including phenoxy) is 2. The zero-order valence-electron chi connectivity index (χ0n) is 15.2. The van der Waals surface area contributed by atoms with Crippen LogP contribution in [0, 0.1) is 12.7 Å². The number of sulfonamides is 1. The van der Waals surface area contributed by atoms with Gasteiger partial charge in [-0.1, -0.05) is 29.8 Å². The van der Waals surface area contributed by atoms with Crippen molar-refractivity contribution in [3.8, 4) is 0 Å². The predicted octanol–water partition coefficient (Wildman–Crippen LogP) is 2.95. The zero-order valence-corrected chi connectivity index (χ0v) is 16.0. The molecule has 28 heavy (non-hydrogen) atoms. The van der Waals surface area contributed by atoms with Crippen LogP contribution in [0.3, 0.4) is 0 Å². The summed E-state index contributed by atoms with van der Waals surface area (Å²) in [5.74, 6) is -1.43. The van der Waals surface area contributed by atoms with E-state index in [0.29, 0.717) is 4.31 Å². The van der Waals surface area contributed by atoms with Crippen LogP contribution in [0.1, 0.15) is 24.1 Å². The highest BCUT2D eigenvalue weighted by Gasteiger charge is 2.53. The minimum Gasteiger partial charge on any atom is -0.463 e. The summed E-state index contributed by atoms with van der Waals surface area (Å²) in [6, 6.07) is 9.38. The fraction of sp³-hybridized carbons (Fsp3) is 0.263. The van der Waals surface area contributed by atoms with Crippen LogP contribution in [0.25, 0.3) is 0 Å². The lowest BCUT2D eigenvalue weighted by atomic mass is 10.0. The van der Waals surface area contributed by atoms with Gasteiger partial charge in [-0.15, -0.1) is 0 Å². The average Bonchev–Trinajstić information content (AvgIpc) is 3.01. The number of carbonyl (C=O) groups is 2. The quantitative estimate of drug-likeness (QED) is 0.708. The molecule has 0 N–H and O–H groups in total. The molecular weight excluding hydrogens is 389 g/mol. The van der Waals surface area contributed by atoms with Gasteiger partial charge in [-0.05, 0) is 43.7 Å². The second-order valence-electron chi connectivity index (χ2n) is 6.17. The standard InChI is InChI=1S/C19H18FNO6S/c1-3-26-18(22)17-16(13-6-8-14(20)9-7-13)21(19(23)27-17)28(24,25)15-10-4-12(2)5-11-15/h4-11,16-17H,3H2,1-2H3/t16-,17+/m1/s1. The molecule has 0 aromatic heterocycles. The minimum atomic E-state index is -4.34. The van der Waals surface area contributed by atoms with E-state index in [2.05, 4.69) is 0 Å². The average molecular weight is 407 g/mol. The van der Waals surface area contributed by atoms with Crippen molar-refractivity contribution in [2.45, 2.75) is 30.9 Å². The minimum absolute atomic E-state index is 0.0216. The number of nitrogens with zero attached hydrogens (tertiary/aromatic N) is 1. The topological polar surface area (TPSA) is 90.0 Å². The summed E-state index contributed by atoms with van der Waals surface area (Å²) in [7, 11) is -4.34. The number of benzene rings is 2. The summed E-state index contributed by atoms with van der Waals surface area (Å²) in [4.78, 5) is 24.6. The third kappa shape index (κ3) is 3.57. The molecule has 1 aliphatic heterocycles. The van der Waals surface area contributed by atoms with E-state index < -0.39 is 40.0 Å². The van der Waals surface area contributed by atoms with E-state index in [0.717, 1.165) is 17.7 Å². The van der Waals surface area contributed by atoms with Crippen molar-refractivity contribution in [2.75, 3.05) is 6.61 Å². The van der Waals surface area contributed by atoms with Crippen molar-refractivity contribution in [3.05, 3.63) is 65.5 Å². The number of carbonyl (C=O) groups excluding carboxylic acids is 2. The number of hydrogen-bond donors (Lipinski definition) is 0. The molecule has 0 unspecified atom stereocenters. The van der Waals surface area contributed by atoms with E-state index in [-0.39, 0.29) is 17.1 Å². The van der Waals surface area contributed by atoms with Crippen LogP contribution in [0.5, 0.6) is 0 Å². The predicted molar refractivity (Wildman–Crippen MR) is 96.2 cm³/mol. The number of amides is 1. The third-order valence-corrected chi connectivity index (χ3v) is 6.02. The van der Waals surface area contributed by atoms with Gasteiger partial charge >= 0.3 is 12.1 Å². The Balaban J connectivity index is 2.11. The highest BCUT2D eigenvalue weighted by Crippen LogP contribution is 2.38. The Kier molecular flexibility index (Phi) is 5.37. The maximum Gasteiger partial charge on any atom is 0.425 e. The highest BCUT2D eigenvalue weighted by molar-refractivity contribution is 7.89. The summed E-state index contributed by atoms with van der Waals surface area (Å²) >= 11 is 0. The van der Waals surface area contributed by atoms with E-state index in [4.69, 9.17) is 9.47 Å². The van der Waals surface area contributed by atoms with Gasteiger partial charge in [-0.25, -0.2) is 22.4 Å². The van der Waals surface area contributed by atoms with Gasteiger partial charge in [-0.3, -0.25) is 0 Å². The molecule has 0 aliphatic carbocycles. The second-order valence-corrected chi connectivity index (χ2v) is 7.98. The fourth-order valence-corrected chi connectivity index (χ4v) is 4.38. The molecule has 148 valence electrons. The summed E-state index contributed by atoms with van der Waals surface area (Å²) < 4.78 is 50.1. The van der Waals surface area contributed by atoms with Crippen molar-refractivity contribution in [1.29, 1.82) is 0 Å². The normalized spacial score (nSPS) is 19.4. The Morgan fingerprint density at radius 2 is 1.75 bits per heavy atom.